The smallest absolute Gasteiger partial charge is 0.0571 e. The van der Waals surface area contributed by atoms with Gasteiger partial charge in [0.25, 0.3) is 0 Å². The molecule has 0 bridgehead atoms. The number of nitrogens with one attached hydrogen (secondary N) is 1. The van der Waals surface area contributed by atoms with Crippen molar-refractivity contribution in [2.45, 2.75) is 38.1 Å². The Morgan fingerprint density at radius 1 is 1.31 bits per heavy atom. The minimum Gasteiger partial charge on any atom is -0.312 e. The summed E-state index contributed by atoms with van der Waals surface area (Å²) in [6.45, 7) is 6.64. The van der Waals surface area contributed by atoms with Crippen LogP contribution in [0.25, 0.3) is 0 Å². The molecule has 1 rings (SSSR count). The molecule has 1 aromatic rings. The lowest BCUT2D eigenvalue weighted by atomic mass is 10.2. The molecule has 1 N–H and O–H groups in total. The van der Waals surface area contributed by atoms with Gasteiger partial charge in [-0.25, -0.2) is 0 Å². The summed E-state index contributed by atoms with van der Waals surface area (Å²) in [5.74, 6) is 1.96. The SMILES string of the molecule is CNC(C)c1ccc(SCCC(C)C)cn1. The zero-order valence-corrected chi connectivity index (χ0v) is 11.5. The van der Waals surface area contributed by atoms with Crippen LogP contribution in [0.15, 0.2) is 23.2 Å². The molecule has 0 spiro atoms. The fourth-order valence-electron chi connectivity index (χ4n) is 1.29. The lowest BCUT2D eigenvalue weighted by molar-refractivity contribution is 0.630. The highest BCUT2D eigenvalue weighted by Gasteiger charge is 2.03. The molecule has 90 valence electrons. The third-order valence-electron chi connectivity index (χ3n) is 2.60. The number of thioether (sulfide) groups is 1. The molecule has 0 amide bonds. The van der Waals surface area contributed by atoms with Crippen LogP contribution in [0.2, 0.25) is 0 Å². The third kappa shape index (κ3) is 4.54. The van der Waals surface area contributed by atoms with Gasteiger partial charge in [0.05, 0.1) is 5.69 Å². The standard InChI is InChI=1S/C13H22N2S/c1-10(2)7-8-16-12-5-6-13(15-9-12)11(3)14-4/h5-6,9-11,14H,7-8H2,1-4H3. The Labute approximate surface area is 103 Å². The van der Waals surface area contributed by atoms with E-state index in [-0.39, 0.29) is 0 Å². The number of rotatable bonds is 6. The lowest BCUT2D eigenvalue weighted by Crippen LogP contribution is -2.13. The van der Waals surface area contributed by atoms with Gasteiger partial charge >= 0.3 is 0 Å². The zero-order valence-electron chi connectivity index (χ0n) is 10.7. The topological polar surface area (TPSA) is 24.9 Å². The molecular formula is C13H22N2S. The molecule has 0 aliphatic rings. The molecule has 1 aromatic heterocycles. The van der Waals surface area contributed by atoms with Gasteiger partial charge in [0.1, 0.15) is 0 Å². The molecule has 2 nitrogen and oxygen atoms in total. The van der Waals surface area contributed by atoms with Gasteiger partial charge < -0.3 is 5.32 Å². The van der Waals surface area contributed by atoms with Gasteiger partial charge in [-0.3, -0.25) is 4.98 Å². The van der Waals surface area contributed by atoms with Gasteiger partial charge in [0.15, 0.2) is 0 Å². The van der Waals surface area contributed by atoms with Crippen molar-refractivity contribution < 1.29 is 0 Å². The Morgan fingerprint density at radius 3 is 2.56 bits per heavy atom. The van der Waals surface area contributed by atoms with Crippen LogP contribution in [0.5, 0.6) is 0 Å². The quantitative estimate of drug-likeness (QED) is 0.768. The summed E-state index contributed by atoms with van der Waals surface area (Å²) in [7, 11) is 1.96. The summed E-state index contributed by atoms with van der Waals surface area (Å²) < 4.78 is 0. The highest BCUT2D eigenvalue weighted by atomic mass is 32.2. The summed E-state index contributed by atoms with van der Waals surface area (Å²) in [6, 6.07) is 4.61. The highest BCUT2D eigenvalue weighted by molar-refractivity contribution is 7.99. The maximum atomic E-state index is 4.46. The van der Waals surface area contributed by atoms with Crippen molar-refractivity contribution in [1.29, 1.82) is 0 Å². The van der Waals surface area contributed by atoms with Crippen molar-refractivity contribution in [1.82, 2.24) is 10.3 Å². The normalized spacial score (nSPS) is 13.1. The molecule has 0 radical (unpaired) electrons. The van der Waals surface area contributed by atoms with Gasteiger partial charge in [0, 0.05) is 17.1 Å². The minimum absolute atomic E-state index is 0.328. The minimum atomic E-state index is 0.328. The Kier molecular flexibility index (Phi) is 5.85. The van der Waals surface area contributed by atoms with Crippen molar-refractivity contribution in [3.63, 3.8) is 0 Å². The van der Waals surface area contributed by atoms with Gasteiger partial charge in [-0.2, -0.15) is 0 Å². The molecule has 1 unspecified atom stereocenters. The van der Waals surface area contributed by atoms with E-state index in [9.17, 15) is 0 Å². The van der Waals surface area contributed by atoms with E-state index in [4.69, 9.17) is 0 Å². The average Bonchev–Trinajstić information content (AvgIpc) is 2.28. The van der Waals surface area contributed by atoms with Crippen molar-refractivity contribution in [3.8, 4) is 0 Å². The maximum Gasteiger partial charge on any atom is 0.0571 e. The molecule has 1 atom stereocenters. The molecule has 0 fully saturated rings. The first-order valence-electron chi connectivity index (χ1n) is 5.89. The van der Waals surface area contributed by atoms with E-state index in [1.807, 2.05) is 25.0 Å². The monoisotopic (exact) mass is 238 g/mol. The molecule has 0 aromatic carbocycles. The van der Waals surface area contributed by atoms with E-state index in [1.165, 1.54) is 17.1 Å². The van der Waals surface area contributed by atoms with E-state index in [0.29, 0.717) is 6.04 Å². The molecule has 16 heavy (non-hydrogen) atoms. The third-order valence-corrected chi connectivity index (χ3v) is 3.61. The summed E-state index contributed by atoms with van der Waals surface area (Å²) in [5, 5.41) is 3.19. The van der Waals surface area contributed by atoms with Crippen LogP contribution in [-0.4, -0.2) is 17.8 Å². The number of pyridine rings is 1. The highest BCUT2D eigenvalue weighted by Crippen LogP contribution is 2.20. The summed E-state index contributed by atoms with van der Waals surface area (Å²) in [6.07, 6.45) is 3.24. The van der Waals surface area contributed by atoms with Crippen LogP contribution in [0.1, 0.15) is 38.9 Å². The number of hydrogen-bond acceptors (Lipinski definition) is 3. The van der Waals surface area contributed by atoms with E-state index >= 15 is 0 Å². The van der Waals surface area contributed by atoms with E-state index < -0.39 is 0 Å². The van der Waals surface area contributed by atoms with Crippen LogP contribution < -0.4 is 5.32 Å². The molecular weight excluding hydrogens is 216 g/mol. The van der Waals surface area contributed by atoms with Crippen LogP contribution in [-0.2, 0) is 0 Å². The van der Waals surface area contributed by atoms with Crippen LogP contribution in [0.4, 0.5) is 0 Å². The maximum absolute atomic E-state index is 4.46. The summed E-state index contributed by atoms with van der Waals surface area (Å²) >= 11 is 1.89. The number of hydrogen-bond donors (Lipinski definition) is 1. The Bertz CT molecular complexity index is 295. The second-order valence-electron chi connectivity index (χ2n) is 4.46. The van der Waals surface area contributed by atoms with Gasteiger partial charge in [-0.15, -0.1) is 11.8 Å². The van der Waals surface area contributed by atoms with E-state index in [0.717, 1.165) is 11.6 Å². The van der Waals surface area contributed by atoms with Gasteiger partial charge in [-0.05, 0) is 44.2 Å². The number of nitrogens with zero attached hydrogens (tertiary/aromatic N) is 1. The second-order valence-corrected chi connectivity index (χ2v) is 5.63. The summed E-state index contributed by atoms with van der Waals surface area (Å²) in [5.41, 5.74) is 1.11. The van der Waals surface area contributed by atoms with Crippen molar-refractivity contribution in [2.75, 3.05) is 12.8 Å². The van der Waals surface area contributed by atoms with Crippen molar-refractivity contribution >= 4 is 11.8 Å². The van der Waals surface area contributed by atoms with Crippen molar-refractivity contribution in [3.05, 3.63) is 24.0 Å². The van der Waals surface area contributed by atoms with Crippen molar-refractivity contribution in [2.24, 2.45) is 5.92 Å². The zero-order chi connectivity index (χ0) is 12.0. The van der Waals surface area contributed by atoms with Crippen LogP contribution in [0, 0.1) is 5.92 Å². The van der Waals surface area contributed by atoms with E-state index in [1.54, 1.807) is 0 Å². The molecule has 3 heteroatoms. The molecule has 0 aliphatic carbocycles. The fourth-order valence-corrected chi connectivity index (χ4v) is 2.41. The molecule has 1 heterocycles. The Hall–Kier alpha value is -0.540. The second kappa shape index (κ2) is 6.92. The number of aromatic nitrogens is 1. The average molecular weight is 238 g/mol. The molecule has 0 aliphatic heterocycles. The van der Waals surface area contributed by atoms with Crippen LogP contribution in [0.3, 0.4) is 0 Å². The van der Waals surface area contributed by atoms with Gasteiger partial charge in [0.2, 0.25) is 0 Å². The molecule has 0 saturated carbocycles. The Morgan fingerprint density at radius 2 is 2.06 bits per heavy atom. The first-order chi connectivity index (χ1) is 7.63. The van der Waals surface area contributed by atoms with Gasteiger partial charge in [-0.1, -0.05) is 13.8 Å². The largest absolute Gasteiger partial charge is 0.312 e. The van der Waals surface area contributed by atoms with E-state index in [2.05, 4.69) is 43.2 Å². The van der Waals surface area contributed by atoms with Crippen LogP contribution >= 0.6 is 11.8 Å². The molecule has 0 saturated heterocycles. The summed E-state index contributed by atoms with van der Waals surface area (Å²) in [4.78, 5) is 5.73. The Balaban J connectivity index is 2.45. The lowest BCUT2D eigenvalue weighted by Gasteiger charge is -2.10. The fraction of sp³-hybridized carbons (Fsp3) is 0.615. The predicted octanol–water partition coefficient (Wildman–Crippen LogP) is 3.50. The first-order valence-corrected chi connectivity index (χ1v) is 6.88. The predicted molar refractivity (Wildman–Crippen MR) is 71.9 cm³/mol. The first kappa shape index (κ1) is 13.5.